The summed E-state index contributed by atoms with van der Waals surface area (Å²) in [7, 11) is 0. The number of rotatable bonds is 3. The fourth-order valence-electron chi connectivity index (χ4n) is 3.20. The molecule has 1 aliphatic rings. The number of anilines is 2. The van der Waals surface area contributed by atoms with Crippen molar-refractivity contribution < 1.29 is 0 Å². The Morgan fingerprint density at radius 2 is 2.04 bits per heavy atom. The highest BCUT2D eigenvalue weighted by Gasteiger charge is 2.22. The molecule has 3 heterocycles. The fourth-order valence-corrected chi connectivity index (χ4v) is 3.20. The molecule has 23 heavy (non-hydrogen) atoms. The molecule has 2 aromatic heterocycles. The average Bonchev–Trinajstić information content (AvgIpc) is 3.04. The Hall–Kier alpha value is -2.63. The third-order valence-electron chi connectivity index (χ3n) is 4.39. The number of aromatic nitrogens is 4. The molecule has 3 aromatic rings. The highest BCUT2D eigenvalue weighted by atomic mass is 15.2. The second-order valence-electron chi connectivity index (χ2n) is 6.07. The van der Waals surface area contributed by atoms with Crippen molar-refractivity contribution in [3.63, 3.8) is 0 Å². The van der Waals surface area contributed by atoms with Gasteiger partial charge in [0.25, 0.3) is 0 Å². The van der Waals surface area contributed by atoms with Crippen LogP contribution >= 0.6 is 0 Å². The van der Waals surface area contributed by atoms with Gasteiger partial charge < -0.3 is 15.2 Å². The van der Waals surface area contributed by atoms with Gasteiger partial charge in [-0.05, 0) is 37.5 Å². The van der Waals surface area contributed by atoms with Crippen molar-refractivity contribution in [1.29, 1.82) is 0 Å². The topological polar surface area (TPSA) is 69.7 Å². The molecule has 0 aliphatic carbocycles. The number of nitrogens with one attached hydrogen (secondary N) is 2. The Labute approximate surface area is 135 Å². The number of piperidine rings is 1. The van der Waals surface area contributed by atoms with Crippen molar-refractivity contribution in [1.82, 2.24) is 19.9 Å². The molecule has 118 valence electrons. The van der Waals surface area contributed by atoms with Gasteiger partial charge in [0, 0.05) is 24.8 Å². The lowest BCUT2D eigenvalue weighted by atomic mass is 10.0. The van der Waals surface area contributed by atoms with Crippen molar-refractivity contribution in [2.75, 3.05) is 23.3 Å². The lowest BCUT2D eigenvalue weighted by Gasteiger charge is -2.33. The summed E-state index contributed by atoms with van der Waals surface area (Å²) in [6.07, 6.45) is 5.45. The van der Waals surface area contributed by atoms with Crippen LogP contribution in [0.15, 0.2) is 36.9 Å². The number of fused-ring (bicyclic) bond motifs is 1. The standard InChI is InChI=1S/C17H20N6/c1-12-3-2-4-14(9-12)22-13-5-7-23(8-6-13)17-15-16(19-10-18-15)20-11-21-17/h2-4,9-11,13,22H,5-8H2,1H3,(H,18,19,20,21). The fraction of sp³-hybridized carbons (Fsp3) is 0.353. The summed E-state index contributed by atoms with van der Waals surface area (Å²) >= 11 is 0. The lowest BCUT2D eigenvalue weighted by Crippen LogP contribution is -2.39. The molecule has 6 nitrogen and oxygen atoms in total. The number of imidazole rings is 1. The number of hydrogen-bond acceptors (Lipinski definition) is 5. The van der Waals surface area contributed by atoms with Gasteiger partial charge >= 0.3 is 0 Å². The van der Waals surface area contributed by atoms with E-state index in [9.17, 15) is 0 Å². The molecule has 0 amide bonds. The molecule has 2 N–H and O–H groups in total. The maximum atomic E-state index is 4.45. The molecule has 1 aromatic carbocycles. The zero-order chi connectivity index (χ0) is 15.6. The molecule has 6 heteroatoms. The Kier molecular flexibility index (Phi) is 3.57. The lowest BCUT2D eigenvalue weighted by molar-refractivity contribution is 0.524. The number of nitrogens with zero attached hydrogens (tertiary/aromatic N) is 4. The summed E-state index contributed by atoms with van der Waals surface area (Å²) in [5.41, 5.74) is 4.16. The first-order chi connectivity index (χ1) is 11.3. The Morgan fingerprint density at radius 1 is 1.17 bits per heavy atom. The van der Waals surface area contributed by atoms with Gasteiger partial charge in [0.05, 0.1) is 6.33 Å². The Bertz CT molecular complexity index is 803. The van der Waals surface area contributed by atoms with Gasteiger partial charge in [0.1, 0.15) is 11.8 Å². The third kappa shape index (κ3) is 2.84. The van der Waals surface area contributed by atoms with E-state index < -0.39 is 0 Å². The predicted octanol–water partition coefficient (Wildman–Crippen LogP) is 2.74. The largest absolute Gasteiger partial charge is 0.382 e. The monoisotopic (exact) mass is 308 g/mol. The van der Waals surface area contributed by atoms with E-state index >= 15 is 0 Å². The number of hydrogen-bond donors (Lipinski definition) is 2. The van der Waals surface area contributed by atoms with Gasteiger partial charge in [-0.3, -0.25) is 0 Å². The first-order valence-corrected chi connectivity index (χ1v) is 8.02. The van der Waals surface area contributed by atoms with E-state index in [1.807, 2.05) is 0 Å². The predicted molar refractivity (Wildman–Crippen MR) is 91.7 cm³/mol. The minimum Gasteiger partial charge on any atom is -0.382 e. The molecular weight excluding hydrogens is 288 g/mol. The second-order valence-corrected chi connectivity index (χ2v) is 6.07. The maximum absolute atomic E-state index is 4.45. The quantitative estimate of drug-likeness (QED) is 0.778. The third-order valence-corrected chi connectivity index (χ3v) is 4.39. The first kappa shape index (κ1) is 14.0. The normalized spacial score (nSPS) is 16.0. The summed E-state index contributed by atoms with van der Waals surface area (Å²) in [6, 6.07) is 9.07. The van der Waals surface area contributed by atoms with E-state index in [-0.39, 0.29) is 0 Å². The van der Waals surface area contributed by atoms with E-state index in [1.165, 1.54) is 11.3 Å². The molecule has 4 rings (SSSR count). The Balaban J connectivity index is 1.44. The summed E-state index contributed by atoms with van der Waals surface area (Å²) in [6.45, 7) is 4.09. The van der Waals surface area contributed by atoms with E-state index in [4.69, 9.17) is 0 Å². The van der Waals surface area contributed by atoms with Crippen molar-refractivity contribution >= 4 is 22.7 Å². The molecule has 0 radical (unpaired) electrons. The maximum Gasteiger partial charge on any atom is 0.182 e. The molecule has 1 fully saturated rings. The minimum atomic E-state index is 0.507. The molecular formula is C17H20N6. The van der Waals surface area contributed by atoms with Crippen molar-refractivity contribution in [3.05, 3.63) is 42.5 Å². The molecule has 0 bridgehead atoms. The first-order valence-electron chi connectivity index (χ1n) is 8.02. The summed E-state index contributed by atoms with van der Waals surface area (Å²) < 4.78 is 0. The van der Waals surface area contributed by atoms with E-state index in [1.54, 1.807) is 12.7 Å². The number of H-pyrrole nitrogens is 1. The minimum absolute atomic E-state index is 0.507. The highest BCUT2D eigenvalue weighted by molar-refractivity contribution is 5.82. The summed E-state index contributed by atoms with van der Waals surface area (Å²) in [5, 5.41) is 3.65. The van der Waals surface area contributed by atoms with Crippen LogP contribution < -0.4 is 10.2 Å². The van der Waals surface area contributed by atoms with Crippen LogP contribution in [0, 0.1) is 6.92 Å². The van der Waals surface area contributed by atoms with Gasteiger partial charge in [0.15, 0.2) is 11.5 Å². The van der Waals surface area contributed by atoms with Crippen LogP contribution in [0.5, 0.6) is 0 Å². The van der Waals surface area contributed by atoms with Crippen LogP contribution in [0.25, 0.3) is 11.2 Å². The number of aryl methyl sites for hydroxylation is 1. The number of aromatic amines is 1. The van der Waals surface area contributed by atoms with Crippen LogP contribution in [0.2, 0.25) is 0 Å². The summed E-state index contributed by atoms with van der Waals surface area (Å²) in [5.74, 6) is 0.960. The van der Waals surface area contributed by atoms with Crippen LogP contribution in [0.4, 0.5) is 11.5 Å². The number of benzene rings is 1. The van der Waals surface area contributed by atoms with Crippen LogP contribution in [0.3, 0.4) is 0 Å². The van der Waals surface area contributed by atoms with Crippen LogP contribution in [0.1, 0.15) is 18.4 Å². The molecule has 1 saturated heterocycles. The zero-order valence-corrected chi connectivity index (χ0v) is 13.2. The summed E-state index contributed by atoms with van der Waals surface area (Å²) in [4.78, 5) is 18.3. The van der Waals surface area contributed by atoms with Crippen molar-refractivity contribution in [2.24, 2.45) is 0 Å². The molecule has 0 atom stereocenters. The molecule has 0 unspecified atom stereocenters. The zero-order valence-electron chi connectivity index (χ0n) is 13.2. The van der Waals surface area contributed by atoms with Crippen molar-refractivity contribution in [2.45, 2.75) is 25.8 Å². The Morgan fingerprint density at radius 3 is 2.87 bits per heavy atom. The average molecular weight is 308 g/mol. The van der Waals surface area contributed by atoms with E-state index in [0.29, 0.717) is 6.04 Å². The van der Waals surface area contributed by atoms with E-state index in [0.717, 1.165) is 42.9 Å². The van der Waals surface area contributed by atoms with Crippen LogP contribution in [-0.4, -0.2) is 39.1 Å². The highest BCUT2D eigenvalue weighted by Crippen LogP contribution is 2.24. The molecule has 0 saturated carbocycles. The SMILES string of the molecule is Cc1cccc(NC2CCN(c3ncnc4nc[nH]c34)CC2)c1. The van der Waals surface area contributed by atoms with Gasteiger partial charge in [-0.2, -0.15) is 0 Å². The van der Waals surface area contributed by atoms with E-state index in [2.05, 4.69) is 61.3 Å². The molecule has 0 spiro atoms. The van der Waals surface area contributed by atoms with Gasteiger partial charge in [0.2, 0.25) is 0 Å². The van der Waals surface area contributed by atoms with Gasteiger partial charge in [-0.1, -0.05) is 12.1 Å². The van der Waals surface area contributed by atoms with Gasteiger partial charge in [-0.25, -0.2) is 15.0 Å². The second kappa shape index (κ2) is 5.87. The van der Waals surface area contributed by atoms with Crippen LogP contribution in [-0.2, 0) is 0 Å². The van der Waals surface area contributed by atoms with Gasteiger partial charge in [-0.15, -0.1) is 0 Å². The smallest absolute Gasteiger partial charge is 0.182 e. The van der Waals surface area contributed by atoms with Crippen molar-refractivity contribution in [3.8, 4) is 0 Å². The molecule has 1 aliphatic heterocycles.